The lowest BCUT2D eigenvalue weighted by Crippen LogP contribution is -2.62. The fourth-order valence-corrected chi connectivity index (χ4v) is 3.63. The minimum absolute atomic E-state index is 0.253. The molecule has 2 nitrogen and oxygen atoms in total. The molecule has 1 fully saturated rings. The van der Waals surface area contributed by atoms with Gasteiger partial charge < -0.3 is 10.6 Å². The number of rotatable bonds is 6. The van der Waals surface area contributed by atoms with Crippen LogP contribution in [0, 0.1) is 0 Å². The van der Waals surface area contributed by atoms with Crippen molar-refractivity contribution in [2.24, 2.45) is 0 Å². The molecule has 0 amide bonds. The number of hydrogen-bond acceptors (Lipinski definition) is 2. The first-order valence-corrected chi connectivity index (χ1v) is 7.79. The summed E-state index contributed by atoms with van der Waals surface area (Å²) in [6.45, 7) is 13.9. The van der Waals surface area contributed by atoms with Gasteiger partial charge in [0.2, 0.25) is 0 Å². The highest BCUT2D eigenvalue weighted by Gasteiger charge is 2.37. The molecule has 0 aromatic carbocycles. The van der Waals surface area contributed by atoms with Crippen molar-refractivity contribution in [2.45, 2.75) is 103 Å². The van der Waals surface area contributed by atoms with Crippen LogP contribution in [0.5, 0.6) is 0 Å². The molecular formula is C16H34N2. The number of piperidine rings is 1. The molecule has 0 radical (unpaired) electrons. The number of hydrogen-bond donors (Lipinski definition) is 2. The summed E-state index contributed by atoms with van der Waals surface area (Å²) in [6.07, 6.45) is 7.83. The van der Waals surface area contributed by atoms with E-state index in [1.165, 1.54) is 38.5 Å². The smallest absolute Gasteiger partial charge is 0.0144 e. The normalized spacial score (nSPS) is 25.0. The van der Waals surface area contributed by atoms with Crippen LogP contribution < -0.4 is 10.6 Å². The standard InChI is InChI=1S/C16H34N2/c1-7-8-9-10-13(2)17-14-11-15(3,4)18-16(5,6)12-14/h13-14,17-18H,7-12H2,1-6H3. The Hall–Kier alpha value is -0.0800. The molecule has 0 aromatic heterocycles. The average molecular weight is 254 g/mol. The highest BCUT2D eigenvalue weighted by molar-refractivity contribution is 4.99. The summed E-state index contributed by atoms with van der Waals surface area (Å²) in [5, 5.41) is 7.60. The van der Waals surface area contributed by atoms with Crippen molar-refractivity contribution in [1.29, 1.82) is 0 Å². The minimum Gasteiger partial charge on any atom is -0.311 e. The summed E-state index contributed by atoms with van der Waals surface area (Å²) in [5.41, 5.74) is 0.505. The van der Waals surface area contributed by atoms with Crippen molar-refractivity contribution in [3.63, 3.8) is 0 Å². The maximum absolute atomic E-state index is 3.85. The predicted octanol–water partition coefficient (Wildman–Crippen LogP) is 3.85. The summed E-state index contributed by atoms with van der Waals surface area (Å²) in [4.78, 5) is 0. The Balaban J connectivity index is 2.41. The van der Waals surface area contributed by atoms with Crippen molar-refractivity contribution in [2.75, 3.05) is 0 Å². The largest absolute Gasteiger partial charge is 0.311 e. The molecule has 18 heavy (non-hydrogen) atoms. The molecule has 1 heterocycles. The van der Waals surface area contributed by atoms with Gasteiger partial charge in [-0.1, -0.05) is 26.2 Å². The first kappa shape index (κ1) is 16.0. The topological polar surface area (TPSA) is 24.1 Å². The van der Waals surface area contributed by atoms with Crippen molar-refractivity contribution < 1.29 is 0 Å². The fraction of sp³-hybridized carbons (Fsp3) is 1.00. The summed E-state index contributed by atoms with van der Waals surface area (Å²) in [6, 6.07) is 1.32. The molecule has 1 aliphatic rings. The highest BCUT2D eigenvalue weighted by atomic mass is 15.1. The average Bonchev–Trinajstić information content (AvgIpc) is 2.12. The lowest BCUT2D eigenvalue weighted by molar-refractivity contribution is 0.139. The Morgan fingerprint density at radius 1 is 1.11 bits per heavy atom. The van der Waals surface area contributed by atoms with Gasteiger partial charge in [0.15, 0.2) is 0 Å². The molecule has 0 spiro atoms. The molecule has 1 rings (SSSR count). The Labute approximate surface area is 114 Å². The van der Waals surface area contributed by atoms with E-state index in [-0.39, 0.29) is 11.1 Å². The molecule has 0 aromatic rings. The Bertz CT molecular complexity index is 229. The van der Waals surface area contributed by atoms with E-state index in [4.69, 9.17) is 0 Å². The third-order valence-corrected chi connectivity index (χ3v) is 3.95. The van der Waals surface area contributed by atoms with Gasteiger partial charge in [0, 0.05) is 23.2 Å². The summed E-state index contributed by atoms with van der Waals surface area (Å²) in [5.74, 6) is 0. The van der Waals surface area contributed by atoms with E-state index in [9.17, 15) is 0 Å². The van der Waals surface area contributed by atoms with Crippen molar-refractivity contribution in [3.05, 3.63) is 0 Å². The van der Waals surface area contributed by atoms with Crippen LogP contribution in [0.3, 0.4) is 0 Å². The van der Waals surface area contributed by atoms with Gasteiger partial charge in [-0.2, -0.15) is 0 Å². The summed E-state index contributed by atoms with van der Waals surface area (Å²) >= 11 is 0. The van der Waals surface area contributed by atoms with E-state index in [0.29, 0.717) is 12.1 Å². The van der Waals surface area contributed by atoms with Crippen LogP contribution in [0.4, 0.5) is 0 Å². The van der Waals surface area contributed by atoms with Crippen molar-refractivity contribution in [3.8, 4) is 0 Å². The monoisotopic (exact) mass is 254 g/mol. The van der Waals surface area contributed by atoms with Crippen LogP contribution in [-0.2, 0) is 0 Å². The molecule has 1 saturated heterocycles. The number of unbranched alkanes of at least 4 members (excludes halogenated alkanes) is 2. The molecule has 0 bridgehead atoms. The molecular weight excluding hydrogens is 220 g/mol. The van der Waals surface area contributed by atoms with Crippen LogP contribution in [0.25, 0.3) is 0 Å². The maximum Gasteiger partial charge on any atom is 0.0144 e. The lowest BCUT2D eigenvalue weighted by atomic mass is 9.79. The molecule has 0 saturated carbocycles. The van der Waals surface area contributed by atoms with E-state index >= 15 is 0 Å². The second kappa shape index (κ2) is 6.38. The number of nitrogens with one attached hydrogen (secondary N) is 2. The van der Waals surface area contributed by atoms with E-state index in [0.717, 1.165) is 0 Å². The molecule has 1 atom stereocenters. The predicted molar refractivity (Wildman–Crippen MR) is 81.1 cm³/mol. The van der Waals surface area contributed by atoms with Gasteiger partial charge in [-0.3, -0.25) is 0 Å². The zero-order valence-electron chi connectivity index (χ0n) is 13.4. The fourth-order valence-electron chi connectivity index (χ4n) is 3.63. The second-order valence-electron chi connectivity index (χ2n) is 7.56. The van der Waals surface area contributed by atoms with Crippen molar-refractivity contribution >= 4 is 0 Å². The lowest BCUT2D eigenvalue weighted by Gasteiger charge is -2.47. The summed E-state index contributed by atoms with van der Waals surface area (Å²) < 4.78 is 0. The molecule has 108 valence electrons. The van der Waals surface area contributed by atoms with Crippen LogP contribution in [0.15, 0.2) is 0 Å². The Kier molecular flexibility index (Phi) is 5.67. The molecule has 2 heteroatoms. The van der Waals surface area contributed by atoms with Gasteiger partial charge in [0.1, 0.15) is 0 Å². The van der Waals surface area contributed by atoms with Crippen LogP contribution in [0.2, 0.25) is 0 Å². The minimum atomic E-state index is 0.253. The molecule has 2 N–H and O–H groups in total. The third kappa shape index (κ3) is 5.71. The second-order valence-corrected chi connectivity index (χ2v) is 7.56. The quantitative estimate of drug-likeness (QED) is 0.703. The van der Waals surface area contributed by atoms with Gasteiger partial charge in [0.05, 0.1) is 0 Å². The van der Waals surface area contributed by atoms with Gasteiger partial charge in [-0.05, 0) is 53.9 Å². The van der Waals surface area contributed by atoms with Crippen molar-refractivity contribution in [1.82, 2.24) is 10.6 Å². The van der Waals surface area contributed by atoms with E-state index in [2.05, 4.69) is 52.2 Å². The van der Waals surface area contributed by atoms with Gasteiger partial charge >= 0.3 is 0 Å². The van der Waals surface area contributed by atoms with Crippen LogP contribution in [-0.4, -0.2) is 23.2 Å². The van der Waals surface area contributed by atoms with Gasteiger partial charge in [-0.25, -0.2) is 0 Å². The molecule has 0 aliphatic carbocycles. The van der Waals surface area contributed by atoms with E-state index < -0.39 is 0 Å². The van der Waals surface area contributed by atoms with E-state index in [1.807, 2.05) is 0 Å². The highest BCUT2D eigenvalue weighted by Crippen LogP contribution is 2.28. The maximum atomic E-state index is 3.85. The zero-order valence-corrected chi connectivity index (χ0v) is 13.4. The van der Waals surface area contributed by atoms with Gasteiger partial charge in [-0.15, -0.1) is 0 Å². The third-order valence-electron chi connectivity index (χ3n) is 3.95. The molecule has 1 aliphatic heterocycles. The SMILES string of the molecule is CCCCCC(C)NC1CC(C)(C)NC(C)(C)C1. The Morgan fingerprint density at radius 3 is 2.17 bits per heavy atom. The first-order valence-electron chi connectivity index (χ1n) is 7.79. The Morgan fingerprint density at radius 2 is 1.67 bits per heavy atom. The zero-order chi connectivity index (χ0) is 13.8. The van der Waals surface area contributed by atoms with Gasteiger partial charge in [0.25, 0.3) is 0 Å². The summed E-state index contributed by atoms with van der Waals surface area (Å²) in [7, 11) is 0. The van der Waals surface area contributed by atoms with E-state index in [1.54, 1.807) is 0 Å². The van der Waals surface area contributed by atoms with Crippen LogP contribution in [0.1, 0.15) is 80.1 Å². The molecule has 1 unspecified atom stereocenters. The van der Waals surface area contributed by atoms with Crippen LogP contribution >= 0.6 is 0 Å². The first-order chi connectivity index (χ1) is 8.24.